The second kappa shape index (κ2) is 18.7. The Morgan fingerprint density at radius 1 is 0.755 bits per heavy atom. The van der Waals surface area contributed by atoms with Crippen molar-refractivity contribution in [1.82, 2.24) is 0 Å². The first kappa shape index (κ1) is 41.4. The molecular formula is C46H48HfI2N2O2-2. The maximum Gasteiger partial charge on any atom is 0.133 e. The van der Waals surface area contributed by atoms with Crippen LogP contribution in [-0.2, 0) is 37.8 Å². The summed E-state index contributed by atoms with van der Waals surface area (Å²) in [5.41, 5.74) is 8.13. The molecule has 4 aliphatic carbocycles. The molecule has 0 aromatic heterocycles. The Labute approximate surface area is 362 Å². The summed E-state index contributed by atoms with van der Waals surface area (Å²) in [7, 11) is 2.02. The number of halogens is 2. The molecule has 7 heteroatoms. The molecule has 274 valence electrons. The molecule has 5 aromatic rings. The SMILES string of the molecule is Cc1cc(C=Nc2ccccc2N(C)Cc2cc(I)cc(I)c2O)c(O)c(C23CC4CC(CC(C4)C2)C3)c1.[CH2-]c1ccccc1.[CH2-]c1ccccc1.[Hf]. The van der Waals surface area contributed by atoms with E-state index in [1.165, 1.54) is 44.1 Å². The van der Waals surface area contributed by atoms with Gasteiger partial charge in [0.15, 0.2) is 0 Å². The fourth-order valence-corrected chi connectivity index (χ4v) is 10.8. The van der Waals surface area contributed by atoms with Gasteiger partial charge in [-0.25, -0.2) is 0 Å². The van der Waals surface area contributed by atoms with Crippen molar-refractivity contribution >= 4 is 62.8 Å². The van der Waals surface area contributed by atoms with E-state index in [2.05, 4.69) is 89.1 Å². The van der Waals surface area contributed by atoms with Crippen LogP contribution >= 0.6 is 45.2 Å². The molecule has 0 atom stereocenters. The molecular weight excluding hydrogens is 1040 g/mol. The monoisotopic (exact) mass is 1090 g/mol. The predicted octanol–water partition coefficient (Wildman–Crippen LogP) is 12.2. The van der Waals surface area contributed by atoms with Gasteiger partial charge in [0.1, 0.15) is 11.5 Å². The molecule has 5 aromatic carbocycles. The molecule has 0 aliphatic heterocycles. The quantitative estimate of drug-likeness (QED) is 0.0771. The first-order chi connectivity index (χ1) is 25.0. The van der Waals surface area contributed by atoms with E-state index < -0.39 is 0 Å². The van der Waals surface area contributed by atoms with Crippen LogP contribution in [0, 0.1) is 45.7 Å². The van der Waals surface area contributed by atoms with E-state index >= 15 is 0 Å². The van der Waals surface area contributed by atoms with Gasteiger partial charge in [-0.05, 0) is 150 Å². The van der Waals surface area contributed by atoms with Crippen LogP contribution in [0.15, 0.2) is 114 Å². The van der Waals surface area contributed by atoms with Gasteiger partial charge >= 0.3 is 0 Å². The fraction of sp³-hybridized carbons (Fsp3) is 0.283. The second-order valence-electron chi connectivity index (χ2n) is 14.9. The van der Waals surface area contributed by atoms with Crippen LogP contribution in [0.2, 0.25) is 0 Å². The van der Waals surface area contributed by atoms with Crippen LogP contribution in [0.3, 0.4) is 0 Å². The van der Waals surface area contributed by atoms with Crippen LogP contribution in [0.4, 0.5) is 11.4 Å². The molecule has 0 amide bonds. The van der Waals surface area contributed by atoms with Crippen LogP contribution in [-0.4, -0.2) is 23.5 Å². The number of nitrogens with zero attached hydrogens (tertiary/aromatic N) is 2. The molecule has 2 N–H and O–H groups in total. The van der Waals surface area contributed by atoms with Crippen LogP contribution < -0.4 is 4.90 Å². The van der Waals surface area contributed by atoms with Crippen LogP contribution in [0.1, 0.15) is 71.9 Å². The maximum atomic E-state index is 11.6. The van der Waals surface area contributed by atoms with Gasteiger partial charge in [0.05, 0.1) is 14.9 Å². The Kier molecular flexibility index (Phi) is 14.6. The summed E-state index contributed by atoms with van der Waals surface area (Å²) in [5, 5.41) is 22.2. The van der Waals surface area contributed by atoms with E-state index in [9.17, 15) is 10.2 Å². The average molecular weight is 1090 g/mol. The Balaban J connectivity index is 0.000000301. The van der Waals surface area contributed by atoms with E-state index in [-0.39, 0.29) is 31.3 Å². The topological polar surface area (TPSA) is 56.1 Å². The van der Waals surface area contributed by atoms with Crippen molar-refractivity contribution < 1.29 is 36.1 Å². The minimum atomic E-state index is 0. The molecule has 0 spiro atoms. The largest absolute Gasteiger partial charge is 0.507 e. The minimum absolute atomic E-state index is 0. The molecule has 4 bridgehead atoms. The zero-order chi connectivity index (χ0) is 36.8. The van der Waals surface area contributed by atoms with E-state index in [1.54, 1.807) is 0 Å². The summed E-state index contributed by atoms with van der Waals surface area (Å²) in [5.74, 6) is 3.25. The number of para-hydroxylation sites is 2. The number of hydrogen-bond acceptors (Lipinski definition) is 4. The van der Waals surface area contributed by atoms with Gasteiger partial charge < -0.3 is 15.1 Å². The molecule has 0 radical (unpaired) electrons. The number of aromatic hydroxyl groups is 2. The molecule has 53 heavy (non-hydrogen) atoms. The van der Waals surface area contributed by atoms with Gasteiger partial charge in [-0.1, -0.05) is 30.3 Å². The summed E-state index contributed by atoms with van der Waals surface area (Å²) >= 11 is 4.47. The van der Waals surface area contributed by atoms with Crippen molar-refractivity contribution in [2.45, 2.75) is 57.4 Å². The van der Waals surface area contributed by atoms with E-state index in [1.807, 2.05) is 104 Å². The molecule has 0 unspecified atom stereocenters. The number of aryl methyl sites for hydroxylation is 1. The van der Waals surface area contributed by atoms with Crippen LogP contribution in [0.5, 0.6) is 11.5 Å². The Bertz CT molecular complexity index is 1930. The van der Waals surface area contributed by atoms with Gasteiger partial charge in [0.2, 0.25) is 0 Å². The summed E-state index contributed by atoms with van der Waals surface area (Å²) in [6.45, 7) is 10.1. The van der Waals surface area contributed by atoms with Gasteiger partial charge in [0, 0.05) is 65.9 Å². The number of anilines is 1. The molecule has 0 heterocycles. The third-order valence-electron chi connectivity index (χ3n) is 10.7. The first-order valence-corrected chi connectivity index (χ1v) is 20.2. The molecule has 0 saturated heterocycles. The average Bonchev–Trinajstić information content (AvgIpc) is 3.11. The predicted molar refractivity (Wildman–Crippen MR) is 234 cm³/mol. The summed E-state index contributed by atoms with van der Waals surface area (Å²) in [6, 6.07) is 36.1. The number of aliphatic imine (C=N–C) groups is 1. The second-order valence-corrected chi connectivity index (χ2v) is 17.3. The zero-order valence-corrected chi connectivity index (χ0v) is 38.5. The van der Waals surface area contributed by atoms with Gasteiger partial charge in [0.25, 0.3) is 0 Å². The molecule has 4 nitrogen and oxygen atoms in total. The number of benzene rings is 5. The summed E-state index contributed by atoms with van der Waals surface area (Å²) in [4.78, 5) is 7.01. The van der Waals surface area contributed by atoms with E-state index in [0.29, 0.717) is 18.0 Å². The van der Waals surface area contributed by atoms with Gasteiger partial charge in [-0.15, -0.1) is 24.3 Å². The normalized spacial score (nSPS) is 20.8. The third kappa shape index (κ3) is 10.5. The van der Waals surface area contributed by atoms with Gasteiger partial charge in [-0.3, -0.25) is 4.99 Å². The first-order valence-electron chi connectivity index (χ1n) is 18.1. The number of phenols is 2. The number of hydrogen-bond donors (Lipinski definition) is 2. The molecule has 9 rings (SSSR count). The number of phenolic OH excluding ortho intramolecular Hbond substituents is 2. The van der Waals surface area contributed by atoms with Crippen molar-refractivity contribution in [2.75, 3.05) is 11.9 Å². The number of rotatable bonds is 6. The smallest absolute Gasteiger partial charge is 0.133 e. The van der Waals surface area contributed by atoms with E-state index in [0.717, 1.165) is 64.1 Å². The summed E-state index contributed by atoms with van der Waals surface area (Å²) < 4.78 is 1.96. The van der Waals surface area contributed by atoms with Crippen molar-refractivity contribution in [1.29, 1.82) is 0 Å². The Hall–Kier alpha value is -2.76. The summed E-state index contributed by atoms with van der Waals surface area (Å²) in [6.07, 6.45) is 9.70. The van der Waals surface area contributed by atoms with Crippen LogP contribution in [0.25, 0.3) is 0 Å². The molecule has 4 aliphatic rings. The Morgan fingerprint density at radius 3 is 1.81 bits per heavy atom. The Morgan fingerprint density at radius 2 is 1.28 bits per heavy atom. The zero-order valence-electron chi connectivity index (χ0n) is 30.6. The fourth-order valence-electron chi connectivity index (χ4n) is 8.82. The minimum Gasteiger partial charge on any atom is -0.507 e. The van der Waals surface area contributed by atoms with Crippen molar-refractivity contribution in [3.8, 4) is 11.5 Å². The van der Waals surface area contributed by atoms with E-state index in [4.69, 9.17) is 4.99 Å². The standard InChI is InChI=1S/C32H34I2N2O2.2C7H7.Hf/c1-19-7-23(30(37)26(8-19)32-14-20-9-21(15-32)11-22(10-20)16-32)17-35-28-5-3-4-6-29(28)36(2)18-24-12-25(33)13-27(34)31(24)38;2*1-7-5-3-2-4-6-7;/h3-8,12-13,17,20-22,37-38H,9-11,14-16,18H2,1-2H3;2*2-6H,1H2;/q;2*-1;. The van der Waals surface area contributed by atoms with Crippen molar-refractivity contribution in [3.63, 3.8) is 0 Å². The van der Waals surface area contributed by atoms with Crippen molar-refractivity contribution in [2.24, 2.45) is 22.7 Å². The van der Waals surface area contributed by atoms with Crippen molar-refractivity contribution in [3.05, 3.63) is 164 Å². The maximum absolute atomic E-state index is 11.6. The van der Waals surface area contributed by atoms with Gasteiger partial charge in [-0.2, -0.15) is 49.2 Å². The molecule has 4 fully saturated rings. The third-order valence-corrected chi connectivity index (χ3v) is 12.2. The molecule has 4 saturated carbocycles.